The van der Waals surface area contributed by atoms with Crippen LogP contribution in [0.25, 0.3) is 0 Å². The van der Waals surface area contributed by atoms with Crippen LogP contribution in [0.2, 0.25) is 0 Å². The molecular formula is C10H19N. The molecule has 11 heavy (non-hydrogen) atoms. The molecule has 0 amide bonds. The summed E-state index contributed by atoms with van der Waals surface area (Å²) in [5, 5.41) is 0. The summed E-state index contributed by atoms with van der Waals surface area (Å²) in [6, 6.07) is 0.921. The van der Waals surface area contributed by atoms with Gasteiger partial charge in [-0.3, -0.25) is 0 Å². The number of nitrogens with zero attached hydrogens (tertiary/aromatic N) is 1. The molecule has 1 nitrogen and oxygen atoms in total. The van der Waals surface area contributed by atoms with Gasteiger partial charge in [-0.25, -0.2) is 0 Å². The number of rotatable bonds is 0. The first kappa shape index (κ1) is 7.60. The molecule has 0 radical (unpaired) electrons. The van der Waals surface area contributed by atoms with E-state index < -0.39 is 0 Å². The fourth-order valence-corrected chi connectivity index (χ4v) is 3.38. The largest absolute Gasteiger partial charge is 0.303 e. The second-order valence-electron chi connectivity index (χ2n) is 4.61. The molecule has 0 aromatic carbocycles. The van der Waals surface area contributed by atoms with Crippen molar-refractivity contribution in [3.8, 4) is 0 Å². The third-order valence-electron chi connectivity index (χ3n) is 3.82. The van der Waals surface area contributed by atoms with Gasteiger partial charge in [0.1, 0.15) is 0 Å². The Morgan fingerprint density at radius 2 is 1.91 bits per heavy atom. The van der Waals surface area contributed by atoms with Gasteiger partial charge in [0.05, 0.1) is 0 Å². The number of fused-ring (bicyclic) bond motifs is 1. The van der Waals surface area contributed by atoms with Crippen molar-refractivity contribution in [3.63, 3.8) is 0 Å². The third-order valence-corrected chi connectivity index (χ3v) is 3.82. The van der Waals surface area contributed by atoms with E-state index in [4.69, 9.17) is 0 Å². The topological polar surface area (TPSA) is 3.24 Å². The van der Waals surface area contributed by atoms with E-state index in [0.29, 0.717) is 0 Å². The van der Waals surface area contributed by atoms with Crippen molar-refractivity contribution >= 4 is 0 Å². The fraction of sp³-hybridized carbons (Fsp3) is 1.00. The van der Waals surface area contributed by atoms with Crippen molar-refractivity contribution in [1.82, 2.24) is 4.90 Å². The van der Waals surface area contributed by atoms with Crippen molar-refractivity contribution in [2.75, 3.05) is 13.6 Å². The van der Waals surface area contributed by atoms with Gasteiger partial charge in [-0.2, -0.15) is 0 Å². The van der Waals surface area contributed by atoms with Crippen LogP contribution in [-0.4, -0.2) is 24.5 Å². The van der Waals surface area contributed by atoms with Crippen LogP contribution in [0, 0.1) is 17.8 Å². The van der Waals surface area contributed by atoms with Gasteiger partial charge in [0.15, 0.2) is 0 Å². The zero-order valence-corrected chi connectivity index (χ0v) is 7.88. The smallest absolute Gasteiger partial charge is 0.0149 e. The fourth-order valence-electron chi connectivity index (χ4n) is 3.38. The molecule has 0 spiro atoms. The van der Waals surface area contributed by atoms with Crippen molar-refractivity contribution in [1.29, 1.82) is 0 Å². The molecule has 1 aliphatic heterocycles. The average Bonchev–Trinajstić information content (AvgIpc) is 2.41. The minimum Gasteiger partial charge on any atom is -0.303 e. The second-order valence-corrected chi connectivity index (χ2v) is 4.61. The maximum Gasteiger partial charge on any atom is 0.0149 e. The van der Waals surface area contributed by atoms with Crippen molar-refractivity contribution in [2.24, 2.45) is 17.8 Å². The van der Waals surface area contributed by atoms with E-state index in [1.165, 1.54) is 19.4 Å². The van der Waals surface area contributed by atoms with Gasteiger partial charge < -0.3 is 4.90 Å². The Labute approximate surface area is 69.8 Å². The number of hydrogen-bond acceptors (Lipinski definition) is 1. The van der Waals surface area contributed by atoms with Gasteiger partial charge in [-0.05, 0) is 44.2 Å². The van der Waals surface area contributed by atoms with E-state index in [9.17, 15) is 0 Å². The molecule has 1 saturated carbocycles. The molecule has 1 aliphatic carbocycles. The monoisotopic (exact) mass is 153 g/mol. The lowest BCUT2D eigenvalue weighted by Crippen LogP contribution is -2.30. The van der Waals surface area contributed by atoms with Crippen LogP contribution < -0.4 is 0 Å². The molecule has 1 saturated heterocycles. The first-order valence-corrected chi connectivity index (χ1v) is 4.90. The molecule has 2 aliphatic rings. The molecule has 2 rings (SSSR count). The standard InChI is InChI=1S/C10H19N/c1-7-6-8(2)10-9(7)4-5-11(10)3/h7-10H,4-6H2,1-3H3. The summed E-state index contributed by atoms with van der Waals surface area (Å²) in [5.74, 6) is 2.96. The van der Waals surface area contributed by atoms with Crippen LogP contribution in [0.3, 0.4) is 0 Å². The van der Waals surface area contributed by atoms with E-state index in [1.54, 1.807) is 0 Å². The second kappa shape index (κ2) is 2.48. The Morgan fingerprint density at radius 3 is 2.55 bits per heavy atom. The molecule has 4 unspecified atom stereocenters. The lowest BCUT2D eigenvalue weighted by atomic mass is 9.95. The average molecular weight is 153 g/mol. The van der Waals surface area contributed by atoms with Gasteiger partial charge in [0, 0.05) is 6.04 Å². The van der Waals surface area contributed by atoms with Gasteiger partial charge in [-0.15, -0.1) is 0 Å². The van der Waals surface area contributed by atoms with E-state index in [2.05, 4.69) is 25.8 Å². The molecule has 64 valence electrons. The highest BCUT2D eigenvalue weighted by Crippen LogP contribution is 2.44. The zero-order valence-electron chi connectivity index (χ0n) is 7.88. The summed E-state index contributed by atoms with van der Waals surface area (Å²) in [5.41, 5.74) is 0. The Hall–Kier alpha value is -0.0400. The van der Waals surface area contributed by atoms with Crippen LogP contribution in [0.1, 0.15) is 26.7 Å². The van der Waals surface area contributed by atoms with E-state index in [0.717, 1.165) is 23.8 Å². The number of likely N-dealkylation sites (tertiary alicyclic amines) is 1. The Bertz CT molecular complexity index is 155. The van der Waals surface area contributed by atoms with Gasteiger partial charge >= 0.3 is 0 Å². The maximum atomic E-state index is 2.57. The minimum atomic E-state index is 0.921. The van der Waals surface area contributed by atoms with Crippen LogP contribution in [-0.2, 0) is 0 Å². The molecule has 2 fully saturated rings. The maximum absolute atomic E-state index is 2.57. The summed E-state index contributed by atoms with van der Waals surface area (Å²) < 4.78 is 0. The van der Waals surface area contributed by atoms with E-state index >= 15 is 0 Å². The Kier molecular flexibility index (Phi) is 1.71. The highest BCUT2D eigenvalue weighted by atomic mass is 15.2. The van der Waals surface area contributed by atoms with Crippen LogP contribution in [0.5, 0.6) is 0 Å². The summed E-state index contributed by atoms with van der Waals surface area (Å²) in [4.78, 5) is 2.57. The molecule has 1 heterocycles. The summed E-state index contributed by atoms with van der Waals surface area (Å²) in [7, 11) is 2.29. The lowest BCUT2D eigenvalue weighted by molar-refractivity contribution is 0.242. The first-order chi connectivity index (χ1) is 5.20. The van der Waals surface area contributed by atoms with Gasteiger partial charge in [0.25, 0.3) is 0 Å². The SMILES string of the molecule is CC1CC(C)C2C1CCN2C. The van der Waals surface area contributed by atoms with E-state index in [-0.39, 0.29) is 0 Å². The molecule has 0 aromatic heterocycles. The minimum absolute atomic E-state index is 0.921. The normalized spacial score (nSPS) is 51.5. The lowest BCUT2D eigenvalue weighted by Gasteiger charge is -2.22. The van der Waals surface area contributed by atoms with Crippen molar-refractivity contribution < 1.29 is 0 Å². The molecule has 0 bridgehead atoms. The third kappa shape index (κ3) is 1.01. The van der Waals surface area contributed by atoms with Gasteiger partial charge in [-0.1, -0.05) is 13.8 Å². The predicted octanol–water partition coefficient (Wildman–Crippen LogP) is 1.98. The summed E-state index contributed by atoms with van der Waals surface area (Å²) in [6.07, 6.45) is 2.91. The summed E-state index contributed by atoms with van der Waals surface area (Å²) in [6.45, 7) is 6.19. The highest BCUT2D eigenvalue weighted by molar-refractivity contribution is 4.97. The van der Waals surface area contributed by atoms with Crippen LogP contribution in [0.15, 0.2) is 0 Å². The van der Waals surface area contributed by atoms with Crippen LogP contribution in [0.4, 0.5) is 0 Å². The molecule has 1 heteroatoms. The highest BCUT2D eigenvalue weighted by Gasteiger charge is 2.44. The molecule has 0 aromatic rings. The predicted molar refractivity (Wildman–Crippen MR) is 47.5 cm³/mol. The quantitative estimate of drug-likeness (QED) is 0.514. The Balaban J connectivity index is 2.15. The number of hydrogen-bond donors (Lipinski definition) is 0. The van der Waals surface area contributed by atoms with Crippen LogP contribution >= 0.6 is 0 Å². The van der Waals surface area contributed by atoms with Gasteiger partial charge in [0.2, 0.25) is 0 Å². The van der Waals surface area contributed by atoms with Crippen molar-refractivity contribution in [3.05, 3.63) is 0 Å². The molecule has 4 atom stereocenters. The Morgan fingerprint density at radius 1 is 1.18 bits per heavy atom. The van der Waals surface area contributed by atoms with Crippen molar-refractivity contribution in [2.45, 2.75) is 32.7 Å². The van der Waals surface area contributed by atoms with E-state index in [1.807, 2.05) is 0 Å². The first-order valence-electron chi connectivity index (χ1n) is 4.90. The summed E-state index contributed by atoms with van der Waals surface area (Å²) >= 11 is 0. The molecular weight excluding hydrogens is 134 g/mol. The molecule has 0 N–H and O–H groups in total. The zero-order chi connectivity index (χ0) is 8.01.